The third-order valence-electron chi connectivity index (χ3n) is 3.43. The van der Waals surface area contributed by atoms with Gasteiger partial charge < -0.3 is 10.2 Å². The molecule has 0 atom stereocenters. The van der Waals surface area contributed by atoms with Crippen molar-refractivity contribution in [1.82, 2.24) is 10.2 Å². The molecule has 1 aliphatic carbocycles. The molecule has 2 heteroatoms. The summed E-state index contributed by atoms with van der Waals surface area (Å²) in [6.07, 6.45) is 9.76. The molecular weight excluding hydrogens is 184 g/mol. The van der Waals surface area contributed by atoms with Crippen molar-refractivity contribution in [2.45, 2.75) is 57.9 Å². The van der Waals surface area contributed by atoms with E-state index in [-0.39, 0.29) is 0 Å². The SMILES string of the molecule is CCCCN(C)CCNC1CCCCC1. The van der Waals surface area contributed by atoms with Crippen LogP contribution in [0, 0.1) is 0 Å². The minimum absolute atomic E-state index is 0.818. The molecule has 1 N–H and O–H groups in total. The van der Waals surface area contributed by atoms with Gasteiger partial charge in [-0.15, -0.1) is 0 Å². The van der Waals surface area contributed by atoms with Gasteiger partial charge in [-0.25, -0.2) is 0 Å². The summed E-state index contributed by atoms with van der Waals surface area (Å²) in [5.74, 6) is 0. The van der Waals surface area contributed by atoms with Crippen molar-refractivity contribution in [1.29, 1.82) is 0 Å². The van der Waals surface area contributed by atoms with E-state index < -0.39 is 0 Å². The van der Waals surface area contributed by atoms with E-state index in [1.54, 1.807) is 0 Å². The van der Waals surface area contributed by atoms with Crippen LogP contribution in [0.25, 0.3) is 0 Å². The molecule has 0 radical (unpaired) electrons. The first-order valence-corrected chi connectivity index (χ1v) is 6.75. The second-order valence-electron chi connectivity index (χ2n) is 4.95. The maximum Gasteiger partial charge on any atom is 0.0104 e. The van der Waals surface area contributed by atoms with E-state index in [2.05, 4.69) is 24.2 Å². The maximum atomic E-state index is 3.69. The van der Waals surface area contributed by atoms with Gasteiger partial charge in [0.1, 0.15) is 0 Å². The smallest absolute Gasteiger partial charge is 0.0104 e. The summed E-state index contributed by atoms with van der Waals surface area (Å²) in [5.41, 5.74) is 0. The van der Waals surface area contributed by atoms with E-state index in [1.165, 1.54) is 64.6 Å². The Labute approximate surface area is 95.4 Å². The Balaban J connectivity index is 1.94. The van der Waals surface area contributed by atoms with Crippen molar-refractivity contribution in [3.05, 3.63) is 0 Å². The van der Waals surface area contributed by atoms with Crippen LogP contribution in [0.1, 0.15) is 51.9 Å². The molecule has 0 aromatic carbocycles. The van der Waals surface area contributed by atoms with Gasteiger partial charge >= 0.3 is 0 Å². The number of rotatable bonds is 7. The Kier molecular flexibility index (Phi) is 7.03. The van der Waals surface area contributed by atoms with Crippen molar-refractivity contribution < 1.29 is 0 Å². The van der Waals surface area contributed by atoms with Gasteiger partial charge in [-0.1, -0.05) is 32.6 Å². The number of hydrogen-bond donors (Lipinski definition) is 1. The average molecular weight is 212 g/mol. The summed E-state index contributed by atoms with van der Waals surface area (Å²) < 4.78 is 0. The monoisotopic (exact) mass is 212 g/mol. The van der Waals surface area contributed by atoms with Gasteiger partial charge in [0.2, 0.25) is 0 Å². The Bertz CT molecular complexity index is 141. The molecule has 0 unspecified atom stereocenters. The normalized spacial score (nSPS) is 18.6. The summed E-state index contributed by atoms with van der Waals surface area (Å²) >= 11 is 0. The molecule has 1 fully saturated rings. The van der Waals surface area contributed by atoms with Gasteiger partial charge in [0, 0.05) is 19.1 Å². The van der Waals surface area contributed by atoms with Crippen LogP contribution in [0.2, 0.25) is 0 Å². The zero-order valence-electron chi connectivity index (χ0n) is 10.6. The highest BCUT2D eigenvalue weighted by molar-refractivity contribution is 4.72. The lowest BCUT2D eigenvalue weighted by Gasteiger charge is -2.24. The fourth-order valence-corrected chi connectivity index (χ4v) is 2.31. The standard InChI is InChI=1S/C13H28N2/c1-3-4-11-15(2)12-10-14-13-8-6-5-7-9-13/h13-14H,3-12H2,1-2H3. The second-order valence-corrected chi connectivity index (χ2v) is 4.95. The van der Waals surface area contributed by atoms with Crippen molar-refractivity contribution >= 4 is 0 Å². The highest BCUT2D eigenvalue weighted by Gasteiger charge is 2.11. The van der Waals surface area contributed by atoms with Crippen molar-refractivity contribution in [3.8, 4) is 0 Å². The molecule has 0 aromatic rings. The highest BCUT2D eigenvalue weighted by atomic mass is 15.1. The van der Waals surface area contributed by atoms with Crippen molar-refractivity contribution in [2.75, 3.05) is 26.7 Å². The summed E-state index contributed by atoms with van der Waals surface area (Å²) in [6.45, 7) is 5.89. The molecule has 0 heterocycles. The molecule has 0 spiro atoms. The molecule has 0 aromatic heterocycles. The van der Waals surface area contributed by atoms with Gasteiger partial charge in [-0.2, -0.15) is 0 Å². The topological polar surface area (TPSA) is 15.3 Å². The highest BCUT2D eigenvalue weighted by Crippen LogP contribution is 2.16. The van der Waals surface area contributed by atoms with Gasteiger partial charge in [0.05, 0.1) is 0 Å². The summed E-state index contributed by atoms with van der Waals surface area (Å²) in [4.78, 5) is 2.44. The predicted octanol–water partition coefficient (Wildman–Crippen LogP) is 2.64. The summed E-state index contributed by atoms with van der Waals surface area (Å²) in [5, 5.41) is 3.69. The minimum Gasteiger partial charge on any atom is -0.313 e. The van der Waals surface area contributed by atoms with Crippen molar-refractivity contribution in [3.63, 3.8) is 0 Å². The molecule has 0 amide bonds. The number of likely N-dealkylation sites (N-methyl/N-ethyl adjacent to an activating group) is 1. The average Bonchev–Trinajstić information content (AvgIpc) is 2.28. The first kappa shape index (κ1) is 13.0. The van der Waals surface area contributed by atoms with E-state index >= 15 is 0 Å². The predicted molar refractivity (Wildman–Crippen MR) is 67.3 cm³/mol. The fraction of sp³-hybridized carbons (Fsp3) is 1.00. The number of nitrogens with one attached hydrogen (secondary N) is 1. The second kappa shape index (κ2) is 8.12. The third kappa shape index (κ3) is 6.16. The first-order chi connectivity index (χ1) is 7.33. The minimum atomic E-state index is 0.818. The van der Waals surface area contributed by atoms with Gasteiger partial charge in [0.15, 0.2) is 0 Å². The summed E-state index contributed by atoms with van der Waals surface area (Å²) in [6, 6.07) is 0.818. The van der Waals surface area contributed by atoms with Crippen LogP contribution < -0.4 is 5.32 Å². The molecule has 0 aliphatic heterocycles. The number of hydrogen-bond acceptors (Lipinski definition) is 2. The van der Waals surface area contributed by atoms with Crippen LogP contribution in [-0.2, 0) is 0 Å². The number of nitrogens with zero attached hydrogens (tertiary/aromatic N) is 1. The first-order valence-electron chi connectivity index (χ1n) is 6.75. The van der Waals surface area contributed by atoms with E-state index in [9.17, 15) is 0 Å². The van der Waals surface area contributed by atoms with Gasteiger partial charge in [-0.3, -0.25) is 0 Å². The van der Waals surface area contributed by atoms with E-state index in [4.69, 9.17) is 0 Å². The van der Waals surface area contributed by atoms with Crippen LogP contribution in [0.15, 0.2) is 0 Å². The molecular formula is C13H28N2. The molecule has 2 nitrogen and oxygen atoms in total. The molecule has 15 heavy (non-hydrogen) atoms. The molecule has 1 rings (SSSR count). The van der Waals surface area contributed by atoms with Gasteiger partial charge in [0.25, 0.3) is 0 Å². The Hall–Kier alpha value is -0.0800. The Morgan fingerprint density at radius 3 is 2.53 bits per heavy atom. The molecule has 0 saturated heterocycles. The lowest BCUT2D eigenvalue weighted by atomic mass is 9.95. The maximum absolute atomic E-state index is 3.69. The van der Waals surface area contributed by atoms with E-state index in [1.807, 2.05) is 0 Å². The van der Waals surface area contributed by atoms with Crippen molar-refractivity contribution in [2.24, 2.45) is 0 Å². The molecule has 1 aliphatic rings. The van der Waals surface area contributed by atoms with Crippen LogP contribution >= 0.6 is 0 Å². The quantitative estimate of drug-likeness (QED) is 0.698. The van der Waals surface area contributed by atoms with Crippen LogP contribution in [-0.4, -0.2) is 37.6 Å². The fourth-order valence-electron chi connectivity index (χ4n) is 2.31. The van der Waals surface area contributed by atoms with Crippen LogP contribution in [0.5, 0.6) is 0 Å². The lowest BCUT2D eigenvalue weighted by molar-refractivity contribution is 0.302. The zero-order valence-corrected chi connectivity index (χ0v) is 10.6. The lowest BCUT2D eigenvalue weighted by Crippen LogP contribution is -2.37. The summed E-state index contributed by atoms with van der Waals surface area (Å²) in [7, 11) is 2.23. The molecule has 1 saturated carbocycles. The Morgan fingerprint density at radius 1 is 1.13 bits per heavy atom. The van der Waals surface area contributed by atoms with E-state index in [0.717, 1.165) is 6.04 Å². The molecule has 0 bridgehead atoms. The van der Waals surface area contributed by atoms with Gasteiger partial charge in [-0.05, 0) is 32.9 Å². The Morgan fingerprint density at radius 2 is 1.87 bits per heavy atom. The molecule has 90 valence electrons. The van der Waals surface area contributed by atoms with Crippen LogP contribution in [0.3, 0.4) is 0 Å². The number of unbranched alkanes of at least 4 members (excludes halogenated alkanes) is 1. The van der Waals surface area contributed by atoms with E-state index in [0.29, 0.717) is 0 Å². The third-order valence-corrected chi connectivity index (χ3v) is 3.43. The largest absolute Gasteiger partial charge is 0.313 e. The zero-order chi connectivity index (χ0) is 10.9. The van der Waals surface area contributed by atoms with Crippen LogP contribution in [0.4, 0.5) is 0 Å².